The van der Waals surface area contributed by atoms with Crippen LogP contribution < -0.4 is 5.73 Å². The Morgan fingerprint density at radius 1 is 1.70 bits per heavy atom. The van der Waals surface area contributed by atoms with Crippen LogP contribution in [-0.4, -0.2) is 25.8 Å². The van der Waals surface area contributed by atoms with Crippen molar-refractivity contribution in [2.24, 2.45) is 5.73 Å². The van der Waals surface area contributed by atoms with Gasteiger partial charge in [-0.15, -0.1) is 0 Å². The van der Waals surface area contributed by atoms with Gasteiger partial charge in [-0.3, -0.25) is 9.36 Å². The minimum atomic E-state index is -2.53. The molecule has 1 unspecified atom stereocenters. The van der Waals surface area contributed by atoms with E-state index >= 15 is 0 Å². The van der Waals surface area contributed by atoms with Gasteiger partial charge in [0.15, 0.2) is 7.37 Å². The number of rotatable bonds is 4. The van der Waals surface area contributed by atoms with Gasteiger partial charge in [0.25, 0.3) is 0 Å². The number of primary amides is 1. The summed E-state index contributed by atoms with van der Waals surface area (Å²) in [4.78, 5) is 10.2. The minimum absolute atomic E-state index is 0.127. The first-order valence-electron chi connectivity index (χ1n) is 2.88. The summed E-state index contributed by atoms with van der Waals surface area (Å²) in [5.74, 6) is -0.445. The fourth-order valence-corrected chi connectivity index (χ4v) is 1.21. The van der Waals surface area contributed by atoms with E-state index in [2.05, 4.69) is 4.52 Å². The molecule has 0 spiro atoms. The van der Waals surface area contributed by atoms with E-state index in [1.54, 1.807) is 0 Å². The first-order valence-corrected chi connectivity index (χ1v) is 5.14. The van der Waals surface area contributed by atoms with Gasteiger partial charge in [-0.05, 0) is 0 Å². The van der Waals surface area contributed by atoms with E-state index in [0.717, 1.165) is 0 Å². The van der Waals surface area contributed by atoms with Crippen LogP contribution in [0.2, 0.25) is 0 Å². The maximum atomic E-state index is 11.1. The Morgan fingerprint density at radius 3 is 2.50 bits per heavy atom. The van der Waals surface area contributed by atoms with Crippen molar-refractivity contribution in [1.82, 2.24) is 0 Å². The Balaban J connectivity index is 3.68. The lowest BCUT2D eigenvalue weighted by atomic mass is 10.5. The fraction of sp³-hybridized carbons (Fsp3) is 0.800. The molecule has 0 saturated carbocycles. The van der Waals surface area contributed by atoms with Crippen molar-refractivity contribution in [3.63, 3.8) is 0 Å². The van der Waals surface area contributed by atoms with Crippen LogP contribution in [0.25, 0.3) is 0 Å². The van der Waals surface area contributed by atoms with Crippen molar-refractivity contribution in [3.8, 4) is 0 Å². The van der Waals surface area contributed by atoms with Crippen LogP contribution >= 0.6 is 7.37 Å². The number of amides is 1. The number of carbonyl (C=O) groups is 1. The largest absolute Gasteiger partial charge is 0.370 e. The van der Waals surface area contributed by atoms with Crippen LogP contribution in [0.1, 0.15) is 6.42 Å². The molecule has 1 amide bonds. The lowest BCUT2D eigenvalue weighted by Crippen LogP contribution is -2.12. The standard InChI is InChI=1S/C5H12NO3P/c1-9-10(2,8)4-3-5(6)7/h3-4H2,1-2H3,(H2,6,7). The first kappa shape index (κ1) is 9.66. The molecule has 1 atom stereocenters. The lowest BCUT2D eigenvalue weighted by molar-refractivity contribution is -0.117. The van der Waals surface area contributed by atoms with E-state index < -0.39 is 13.3 Å². The van der Waals surface area contributed by atoms with Gasteiger partial charge in [-0.25, -0.2) is 0 Å². The summed E-state index contributed by atoms with van der Waals surface area (Å²) in [5.41, 5.74) is 4.84. The third-order valence-electron chi connectivity index (χ3n) is 1.15. The molecule has 0 heterocycles. The molecule has 10 heavy (non-hydrogen) atoms. The first-order chi connectivity index (χ1) is 4.48. The van der Waals surface area contributed by atoms with Crippen LogP contribution in [0.4, 0.5) is 0 Å². The predicted octanol–water partition coefficient (Wildman–Crippen LogP) is 0.416. The summed E-state index contributed by atoms with van der Waals surface area (Å²) in [6.45, 7) is 1.48. The highest BCUT2D eigenvalue weighted by molar-refractivity contribution is 7.58. The van der Waals surface area contributed by atoms with Gasteiger partial charge in [0.05, 0.1) is 0 Å². The molecule has 0 saturated heterocycles. The summed E-state index contributed by atoms with van der Waals surface area (Å²) in [7, 11) is -1.17. The SMILES string of the molecule is COP(C)(=O)CCC(N)=O. The number of carbonyl (C=O) groups excluding carboxylic acids is 1. The molecule has 0 aromatic heterocycles. The van der Waals surface area contributed by atoms with Crippen molar-refractivity contribution in [2.75, 3.05) is 19.9 Å². The Hall–Kier alpha value is -0.340. The van der Waals surface area contributed by atoms with Gasteiger partial charge in [0.1, 0.15) is 0 Å². The van der Waals surface area contributed by atoms with E-state index in [9.17, 15) is 9.36 Å². The summed E-state index contributed by atoms with van der Waals surface area (Å²) < 4.78 is 15.7. The number of hydrogen-bond acceptors (Lipinski definition) is 3. The summed E-state index contributed by atoms with van der Waals surface area (Å²) in [5, 5.41) is 0. The van der Waals surface area contributed by atoms with Crippen LogP contribution in [0.15, 0.2) is 0 Å². The molecule has 0 fully saturated rings. The maximum absolute atomic E-state index is 11.1. The van der Waals surface area contributed by atoms with Crippen molar-refractivity contribution >= 4 is 13.3 Å². The second kappa shape index (κ2) is 3.74. The molecule has 5 heteroatoms. The quantitative estimate of drug-likeness (QED) is 0.613. The topological polar surface area (TPSA) is 69.4 Å². The van der Waals surface area contributed by atoms with E-state index in [4.69, 9.17) is 5.73 Å². The molecule has 0 aromatic rings. The average molecular weight is 165 g/mol. The normalized spacial score (nSPS) is 16.2. The maximum Gasteiger partial charge on any atom is 0.217 e. The van der Waals surface area contributed by atoms with Gasteiger partial charge in [-0.1, -0.05) is 0 Å². The molecule has 0 aliphatic rings. The monoisotopic (exact) mass is 165 g/mol. The zero-order valence-corrected chi connectivity index (χ0v) is 7.06. The average Bonchev–Trinajstić information content (AvgIpc) is 1.85. The molecular weight excluding hydrogens is 153 g/mol. The molecule has 0 aromatic carbocycles. The minimum Gasteiger partial charge on any atom is -0.370 e. The summed E-state index contributed by atoms with van der Waals surface area (Å²) >= 11 is 0. The van der Waals surface area contributed by atoms with Crippen LogP contribution in [0.3, 0.4) is 0 Å². The molecular formula is C5H12NO3P. The highest BCUT2D eigenvalue weighted by Crippen LogP contribution is 2.41. The fourth-order valence-electron chi connectivity index (χ4n) is 0.405. The van der Waals surface area contributed by atoms with E-state index in [1.165, 1.54) is 13.8 Å². The summed E-state index contributed by atoms with van der Waals surface area (Å²) in [6, 6.07) is 0. The summed E-state index contributed by atoms with van der Waals surface area (Å²) in [6.07, 6.45) is 0.362. The Morgan fingerprint density at radius 2 is 2.20 bits per heavy atom. The zero-order chi connectivity index (χ0) is 8.20. The highest BCUT2D eigenvalue weighted by Gasteiger charge is 2.13. The van der Waals surface area contributed by atoms with E-state index in [1.807, 2.05) is 0 Å². The van der Waals surface area contributed by atoms with Gasteiger partial charge < -0.3 is 10.3 Å². The van der Waals surface area contributed by atoms with E-state index in [-0.39, 0.29) is 12.6 Å². The van der Waals surface area contributed by atoms with Gasteiger partial charge >= 0.3 is 0 Å². The third kappa shape index (κ3) is 4.53. The molecule has 0 radical (unpaired) electrons. The van der Waals surface area contributed by atoms with Gasteiger partial charge in [0.2, 0.25) is 5.91 Å². The molecule has 0 bridgehead atoms. The second-order valence-electron chi connectivity index (χ2n) is 2.14. The van der Waals surface area contributed by atoms with Crippen molar-refractivity contribution < 1.29 is 13.9 Å². The smallest absolute Gasteiger partial charge is 0.217 e. The Bertz CT molecular complexity index is 168. The van der Waals surface area contributed by atoms with Gasteiger partial charge in [-0.2, -0.15) is 0 Å². The molecule has 60 valence electrons. The number of nitrogens with two attached hydrogens (primary N) is 1. The van der Waals surface area contributed by atoms with Crippen LogP contribution in [0, 0.1) is 0 Å². The molecule has 0 aliphatic heterocycles. The number of hydrogen-bond donors (Lipinski definition) is 1. The molecule has 4 nitrogen and oxygen atoms in total. The van der Waals surface area contributed by atoms with Crippen molar-refractivity contribution in [1.29, 1.82) is 0 Å². The Kier molecular flexibility index (Phi) is 3.61. The van der Waals surface area contributed by atoms with Crippen LogP contribution in [-0.2, 0) is 13.9 Å². The molecule has 0 aliphatic carbocycles. The third-order valence-corrected chi connectivity index (χ3v) is 2.96. The van der Waals surface area contributed by atoms with Crippen molar-refractivity contribution in [3.05, 3.63) is 0 Å². The second-order valence-corrected chi connectivity index (χ2v) is 4.98. The molecule has 2 N–H and O–H groups in total. The lowest BCUT2D eigenvalue weighted by Gasteiger charge is -2.07. The highest BCUT2D eigenvalue weighted by atomic mass is 31.2. The van der Waals surface area contributed by atoms with Gasteiger partial charge in [0, 0.05) is 26.4 Å². The van der Waals surface area contributed by atoms with Crippen molar-refractivity contribution in [2.45, 2.75) is 6.42 Å². The molecule has 0 rings (SSSR count). The Labute approximate surface area is 60.2 Å². The van der Waals surface area contributed by atoms with E-state index in [0.29, 0.717) is 0 Å². The predicted molar refractivity (Wildman–Crippen MR) is 39.2 cm³/mol. The zero-order valence-electron chi connectivity index (χ0n) is 6.16. The van der Waals surface area contributed by atoms with Crippen LogP contribution in [0.5, 0.6) is 0 Å².